The lowest BCUT2D eigenvalue weighted by Gasteiger charge is -2.41. The van der Waals surface area contributed by atoms with Crippen LogP contribution in [0.1, 0.15) is 97.8 Å². The Morgan fingerprint density at radius 1 is 0.645 bits per heavy atom. The van der Waals surface area contributed by atoms with Crippen molar-refractivity contribution in [2.24, 2.45) is 0 Å². The molecule has 0 aliphatic heterocycles. The zero-order chi connectivity index (χ0) is 23.8. The molecule has 31 heavy (non-hydrogen) atoms. The van der Waals surface area contributed by atoms with Gasteiger partial charge in [-0.3, -0.25) is 0 Å². The van der Waals surface area contributed by atoms with Crippen LogP contribution in [0.4, 0.5) is 0 Å². The molecule has 0 rings (SSSR count). The van der Waals surface area contributed by atoms with Gasteiger partial charge in [-0.1, -0.05) is 84.5 Å². The molecule has 0 N–H and O–H groups in total. The summed E-state index contributed by atoms with van der Waals surface area (Å²) in [6.45, 7) is 22.8. The van der Waals surface area contributed by atoms with Crippen molar-refractivity contribution < 1.29 is 13.0 Å². The Morgan fingerprint density at radius 2 is 1.19 bits per heavy atom. The van der Waals surface area contributed by atoms with Gasteiger partial charge in [-0.2, -0.15) is 0 Å². The van der Waals surface area contributed by atoms with Crippen LogP contribution in [0.25, 0.3) is 0 Å². The largest absolute Gasteiger partial charge is 0.437 e. The van der Waals surface area contributed by atoms with Gasteiger partial charge in [-0.25, -0.2) is 0 Å². The minimum atomic E-state index is -2.09. The van der Waals surface area contributed by atoms with Crippen LogP contribution < -0.4 is 0 Å². The minimum absolute atomic E-state index is 0.683. The SMILES string of the molecule is CCCCCCCCC[Si](C)(C)O[Si](C)(C)O[Si](C)(C)C(C)CCCCCCOCC. The van der Waals surface area contributed by atoms with Crippen LogP contribution >= 0.6 is 0 Å². The van der Waals surface area contributed by atoms with Crippen LogP contribution in [0, 0.1) is 0 Å². The van der Waals surface area contributed by atoms with E-state index in [0.29, 0.717) is 5.54 Å². The van der Waals surface area contributed by atoms with E-state index < -0.39 is 25.2 Å². The molecule has 0 bridgehead atoms. The molecule has 188 valence electrons. The first-order valence-corrected chi connectivity index (χ1v) is 22.4. The molecule has 0 heterocycles. The lowest BCUT2D eigenvalue weighted by molar-refractivity contribution is 0.143. The maximum absolute atomic E-state index is 6.88. The highest BCUT2D eigenvalue weighted by Gasteiger charge is 2.41. The second-order valence-electron chi connectivity index (χ2n) is 11.1. The number of hydrogen-bond donors (Lipinski definition) is 0. The number of ether oxygens (including phenoxy) is 1. The highest BCUT2D eigenvalue weighted by atomic mass is 28.5. The van der Waals surface area contributed by atoms with Gasteiger partial charge >= 0.3 is 8.56 Å². The van der Waals surface area contributed by atoms with E-state index in [2.05, 4.69) is 60.1 Å². The molecule has 0 radical (unpaired) electrons. The molecule has 1 atom stereocenters. The minimum Gasteiger partial charge on any atom is -0.437 e. The van der Waals surface area contributed by atoms with Crippen LogP contribution in [0.3, 0.4) is 0 Å². The summed E-state index contributed by atoms with van der Waals surface area (Å²) in [7, 11) is -5.48. The Hall–Kier alpha value is 0.531. The first-order chi connectivity index (χ1) is 14.5. The Kier molecular flexibility index (Phi) is 17.3. The molecule has 0 spiro atoms. The summed E-state index contributed by atoms with van der Waals surface area (Å²) >= 11 is 0. The molecule has 0 aliphatic carbocycles. The molecular weight excluding hydrogens is 433 g/mol. The van der Waals surface area contributed by atoms with E-state index in [0.717, 1.165) is 13.2 Å². The standard InChI is InChI=1S/C25H58O3Si3/c1-10-12-13-14-15-18-21-24-29(4,5)27-31(8,9)28-30(6,7)25(3)22-19-16-17-20-23-26-11-2/h25H,10-24H2,1-9H3. The topological polar surface area (TPSA) is 27.7 Å². The van der Waals surface area contributed by atoms with Crippen molar-refractivity contribution in [3.63, 3.8) is 0 Å². The molecule has 0 amide bonds. The molecule has 0 fully saturated rings. The quantitative estimate of drug-likeness (QED) is 0.118. The van der Waals surface area contributed by atoms with Gasteiger partial charge in [0.25, 0.3) is 0 Å². The average molecular weight is 491 g/mol. The van der Waals surface area contributed by atoms with Gasteiger partial charge in [0.05, 0.1) is 0 Å². The molecule has 0 aromatic heterocycles. The third-order valence-electron chi connectivity index (χ3n) is 6.48. The van der Waals surface area contributed by atoms with E-state index in [9.17, 15) is 0 Å². The summed E-state index contributed by atoms with van der Waals surface area (Å²) in [5.74, 6) is 0. The highest BCUT2D eigenvalue weighted by molar-refractivity contribution is 6.88. The van der Waals surface area contributed by atoms with Crippen LogP contribution in [0.15, 0.2) is 0 Å². The van der Waals surface area contributed by atoms with Crippen molar-refractivity contribution in [2.75, 3.05) is 13.2 Å². The highest BCUT2D eigenvalue weighted by Crippen LogP contribution is 2.33. The summed E-state index contributed by atoms with van der Waals surface area (Å²) in [6, 6.07) is 1.28. The summed E-state index contributed by atoms with van der Waals surface area (Å²) in [5.41, 5.74) is 0.683. The van der Waals surface area contributed by atoms with Gasteiger partial charge in [0.2, 0.25) is 0 Å². The number of hydrogen-bond acceptors (Lipinski definition) is 3. The zero-order valence-corrected chi connectivity index (χ0v) is 25.9. The molecule has 0 aromatic rings. The zero-order valence-electron chi connectivity index (χ0n) is 22.9. The second kappa shape index (κ2) is 17.0. The number of rotatable bonds is 21. The Morgan fingerprint density at radius 3 is 1.81 bits per heavy atom. The summed E-state index contributed by atoms with van der Waals surface area (Å²) in [4.78, 5) is 0. The van der Waals surface area contributed by atoms with Gasteiger partial charge in [-0.15, -0.1) is 0 Å². The van der Waals surface area contributed by atoms with Crippen molar-refractivity contribution in [3.05, 3.63) is 0 Å². The van der Waals surface area contributed by atoms with Crippen molar-refractivity contribution in [1.29, 1.82) is 0 Å². The first-order valence-electron chi connectivity index (χ1n) is 13.4. The third-order valence-corrected chi connectivity index (χ3v) is 18.9. The van der Waals surface area contributed by atoms with E-state index in [-0.39, 0.29) is 0 Å². The van der Waals surface area contributed by atoms with Crippen LogP contribution in [0.2, 0.25) is 50.9 Å². The Labute approximate surface area is 199 Å². The molecule has 0 aliphatic rings. The fraction of sp³-hybridized carbons (Fsp3) is 1.00. The molecule has 3 nitrogen and oxygen atoms in total. The Balaban J connectivity index is 4.27. The Bertz CT molecular complexity index is 428. The van der Waals surface area contributed by atoms with E-state index in [1.54, 1.807) is 0 Å². The monoisotopic (exact) mass is 490 g/mol. The lowest BCUT2D eigenvalue weighted by Crippen LogP contribution is -2.53. The lowest BCUT2D eigenvalue weighted by atomic mass is 10.1. The molecule has 0 saturated heterocycles. The van der Waals surface area contributed by atoms with E-state index in [4.69, 9.17) is 13.0 Å². The summed E-state index contributed by atoms with van der Waals surface area (Å²) in [5, 5.41) is 0. The molecular formula is C25H58O3Si3. The average Bonchev–Trinajstić information content (AvgIpc) is 2.64. The second-order valence-corrected chi connectivity index (χ2v) is 23.8. The molecule has 0 aromatic carbocycles. The van der Waals surface area contributed by atoms with E-state index >= 15 is 0 Å². The van der Waals surface area contributed by atoms with Gasteiger partial charge in [0, 0.05) is 13.2 Å². The van der Waals surface area contributed by atoms with Crippen LogP contribution in [-0.4, -0.2) is 38.4 Å². The van der Waals surface area contributed by atoms with Gasteiger partial charge in [-0.05, 0) is 64.2 Å². The maximum Gasteiger partial charge on any atom is 0.311 e. The van der Waals surface area contributed by atoms with E-state index in [1.807, 2.05) is 0 Å². The normalized spacial score (nSPS) is 14.2. The van der Waals surface area contributed by atoms with Gasteiger partial charge < -0.3 is 13.0 Å². The van der Waals surface area contributed by atoms with Crippen LogP contribution in [-0.2, 0) is 13.0 Å². The fourth-order valence-corrected chi connectivity index (χ4v) is 18.6. The fourth-order valence-electron chi connectivity index (χ4n) is 4.48. The van der Waals surface area contributed by atoms with Crippen molar-refractivity contribution >= 4 is 25.2 Å². The number of unbranched alkanes of at least 4 members (excludes halogenated alkanes) is 9. The smallest absolute Gasteiger partial charge is 0.311 e. The van der Waals surface area contributed by atoms with E-state index in [1.165, 1.54) is 83.1 Å². The van der Waals surface area contributed by atoms with Crippen molar-refractivity contribution in [1.82, 2.24) is 0 Å². The molecule has 0 saturated carbocycles. The molecule has 1 unspecified atom stereocenters. The van der Waals surface area contributed by atoms with Gasteiger partial charge in [0.1, 0.15) is 0 Å². The van der Waals surface area contributed by atoms with Crippen molar-refractivity contribution in [2.45, 2.75) is 149 Å². The molecule has 6 heteroatoms. The third kappa shape index (κ3) is 17.6. The summed E-state index contributed by atoms with van der Waals surface area (Å²) < 4.78 is 19.1. The predicted octanol–water partition coefficient (Wildman–Crippen LogP) is 9.26. The van der Waals surface area contributed by atoms with Gasteiger partial charge in [0.15, 0.2) is 16.6 Å². The van der Waals surface area contributed by atoms with Crippen molar-refractivity contribution in [3.8, 4) is 0 Å². The predicted molar refractivity (Wildman–Crippen MR) is 146 cm³/mol. The maximum atomic E-state index is 6.88. The first kappa shape index (κ1) is 31.5. The van der Waals surface area contributed by atoms with Crippen LogP contribution in [0.5, 0.6) is 0 Å². The summed E-state index contributed by atoms with van der Waals surface area (Å²) in [6.07, 6.45) is 16.0.